The molecule has 1 aliphatic rings. The molecule has 5 nitrogen and oxygen atoms in total. The number of ether oxygens (including phenoxy) is 1. The molecule has 3 aromatic carbocycles. The monoisotopic (exact) mass is 540 g/mol. The highest BCUT2D eigenvalue weighted by Gasteiger charge is 2.33. The van der Waals surface area contributed by atoms with Gasteiger partial charge in [0, 0.05) is 30.1 Å². The van der Waals surface area contributed by atoms with Crippen LogP contribution in [0.15, 0.2) is 78.9 Å². The van der Waals surface area contributed by atoms with Gasteiger partial charge in [-0.3, -0.25) is 9.59 Å². The molecule has 0 aliphatic carbocycles. The van der Waals surface area contributed by atoms with E-state index < -0.39 is 0 Å². The van der Waals surface area contributed by atoms with Gasteiger partial charge in [0.25, 0.3) is 5.91 Å². The van der Waals surface area contributed by atoms with Gasteiger partial charge < -0.3 is 15.0 Å². The molecule has 40 heavy (non-hydrogen) atoms. The Morgan fingerprint density at radius 2 is 1.60 bits per heavy atom. The zero-order chi connectivity index (χ0) is 28.4. The molecule has 1 saturated heterocycles. The zero-order valence-electron chi connectivity index (χ0n) is 24.3. The summed E-state index contributed by atoms with van der Waals surface area (Å²) in [5, 5.41) is 3.31. The van der Waals surface area contributed by atoms with Crippen LogP contribution in [-0.4, -0.2) is 49.6 Å². The quantitative estimate of drug-likeness (QED) is 0.257. The fraction of sp³-hybridized carbons (Fsp3) is 0.429. The van der Waals surface area contributed by atoms with Crippen molar-refractivity contribution in [1.82, 2.24) is 10.2 Å². The van der Waals surface area contributed by atoms with E-state index in [1.807, 2.05) is 30.3 Å². The van der Waals surface area contributed by atoms with Crippen LogP contribution < -0.4 is 5.32 Å². The highest BCUT2D eigenvalue weighted by Crippen LogP contribution is 2.37. The Labute approximate surface area is 239 Å². The Morgan fingerprint density at radius 3 is 2.25 bits per heavy atom. The number of carbonyl (C=O) groups excluding carboxylic acids is 2. The smallest absolute Gasteiger partial charge is 0.306 e. The van der Waals surface area contributed by atoms with Crippen molar-refractivity contribution in [1.29, 1.82) is 0 Å². The molecule has 1 unspecified atom stereocenters. The summed E-state index contributed by atoms with van der Waals surface area (Å²) in [6, 6.07) is 27.0. The number of hydrogen-bond acceptors (Lipinski definition) is 4. The van der Waals surface area contributed by atoms with E-state index in [1.165, 1.54) is 18.2 Å². The number of likely N-dealkylation sites (tertiary alicyclic amines) is 1. The van der Waals surface area contributed by atoms with Crippen molar-refractivity contribution in [3.05, 3.63) is 95.6 Å². The standard InChI is InChI=1S/C35H44N2O3/c1-4-27-16-18-28(19-17-27)31-14-9-10-15-32(31)34(39)36-30-20-24-37(25-21-30)23-11-22-35(5-2,26-33(38)40-3)29-12-7-6-8-13-29/h6-10,12-19,30H,4-5,11,20-26H2,1-3H3,(H,36,39). The first-order chi connectivity index (χ1) is 19.5. The molecule has 1 fully saturated rings. The van der Waals surface area contributed by atoms with Crippen LogP contribution in [0.1, 0.15) is 73.9 Å². The number of aryl methyl sites for hydroxylation is 1. The summed E-state index contributed by atoms with van der Waals surface area (Å²) in [6.45, 7) is 7.24. The van der Waals surface area contributed by atoms with Gasteiger partial charge in [0.1, 0.15) is 0 Å². The minimum atomic E-state index is -0.203. The Kier molecular flexibility index (Phi) is 10.5. The first-order valence-electron chi connectivity index (χ1n) is 14.8. The van der Waals surface area contributed by atoms with Crippen LogP contribution in [0.5, 0.6) is 0 Å². The number of benzene rings is 3. The largest absolute Gasteiger partial charge is 0.469 e. The summed E-state index contributed by atoms with van der Waals surface area (Å²) in [4.78, 5) is 28.1. The molecule has 5 heteroatoms. The number of amides is 1. The molecule has 0 aromatic heterocycles. The average Bonchev–Trinajstić information content (AvgIpc) is 3.01. The number of rotatable bonds is 12. The van der Waals surface area contributed by atoms with Crippen molar-refractivity contribution in [3.8, 4) is 11.1 Å². The van der Waals surface area contributed by atoms with Crippen LogP contribution in [0.25, 0.3) is 11.1 Å². The summed E-state index contributed by atoms with van der Waals surface area (Å²) < 4.78 is 5.06. The second-order valence-corrected chi connectivity index (χ2v) is 11.0. The Bertz CT molecular complexity index is 1230. The van der Waals surface area contributed by atoms with E-state index in [2.05, 4.69) is 72.6 Å². The molecule has 0 radical (unpaired) electrons. The van der Waals surface area contributed by atoms with Gasteiger partial charge in [-0.1, -0.05) is 86.6 Å². The lowest BCUT2D eigenvalue weighted by Gasteiger charge is -2.35. The van der Waals surface area contributed by atoms with Crippen molar-refractivity contribution in [3.63, 3.8) is 0 Å². The van der Waals surface area contributed by atoms with E-state index in [4.69, 9.17) is 4.74 Å². The Hall–Kier alpha value is -3.44. The predicted molar refractivity (Wildman–Crippen MR) is 162 cm³/mol. The van der Waals surface area contributed by atoms with Gasteiger partial charge >= 0.3 is 5.97 Å². The third-order valence-electron chi connectivity index (χ3n) is 8.67. The number of esters is 1. The van der Waals surface area contributed by atoms with Gasteiger partial charge in [0.15, 0.2) is 0 Å². The van der Waals surface area contributed by atoms with Crippen molar-refractivity contribution >= 4 is 11.9 Å². The third kappa shape index (κ3) is 7.39. The van der Waals surface area contributed by atoms with Crippen molar-refractivity contribution in [2.45, 2.75) is 70.3 Å². The third-order valence-corrected chi connectivity index (χ3v) is 8.67. The number of carbonyl (C=O) groups is 2. The van der Waals surface area contributed by atoms with Crippen LogP contribution in [0.4, 0.5) is 0 Å². The van der Waals surface area contributed by atoms with Crippen LogP contribution >= 0.6 is 0 Å². The van der Waals surface area contributed by atoms with E-state index >= 15 is 0 Å². The van der Waals surface area contributed by atoms with Gasteiger partial charge in [0.2, 0.25) is 0 Å². The molecule has 1 amide bonds. The SMILES string of the molecule is CCc1ccc(-c2ccccc2C(=O)NC2CCN(CCCC(CC)(CC(=O)OC)c3ccccc3)CC2)cc1. The molecule has 0 spiro atoms. The van der Waals surface area contributed by atoms with Gasteiger partial charge in [0.05, 0.1) is 13.5 Å². The first kappa shape index (κ1) is 29.5. The van der Waals surface area contributed by atoms with Crippen molar-refractivity contribution in [2.75, 3.05) is 26.7 Å². The molecule has 212 valence electrons. The maximum Gasteiger partial charge on any atom is 0.306 e. The van der Waals surface area contributed by atoms with Crippen molar-refractivity contribution in [2.24, 2.45) is 0 Å². The lowest BCUT2D eigenvalue weighted by atomic mass is 9.72. The summed E-state index contributed by atoms with van der Waals surface area (Å²) in [5.41, 5.74) is 5.09. The number of hydrogen-bond donors (Lipinski definition) is 1. The van der Waals surface area contributed by atoms with Gasteiger partial charge in [-0.05, 0) is 73.4 Å². The molecule has 3 aromatic rings. The maximum atomic E-state index is 13.3. The topological polar surface area (TPSA) is 58.6 Å². The summed E-state index contributed by atoms with van der Waals surface area (Å²) in [6.07, 6.45) is 6.14. The fourth-order valence-corrected chi connectivity index (χ4v) is 6.04. The zero-order valence-corrected chi connectivity index (χ0v) is 24.3. The second kappa shape index (κ2) is 14.3. The summed E-state index contributed by atoms with van der Waals surface area (Å²) in [5.74, 6) is -0.145. The normalized spacial score (nSPS) is 15.8. The minimum absolute atomic E-state index is 0.00650. The maximum absolute atomic E-state index is 13.3. The van der Waals surface area contributed by atoms with Crippen LogP contribution in [-0.2, 0) is 21.4 Å². The highest BCUT2D eigenvalue weighted by molar-refractivity contribution is 6.01. The average molecular weight is 541 g/mol. The molecule has 1 atom stereocenters. The number of nitrogens with one attached hydrogen (secondary N) is 1. The van der Waals surface area contributed by atoms with Crippen molar-refractivity contribution < 1.29 is 14.3 Å². The highest BCUT2D eigenvalue weighted by atomic mass is 16.5. The van der Waals surface area contributed by atoms with E-state index in [0.717, 1.165) is 74.8 Å². The van der Waals surface area contributed by atoms with Crippen LogP contribution in [0, 0.1) is 0 Å². The molecule has 4 rings (SSSR count). The van der Waals surface area contributed by atoms with Gasteiger partial charge in [-0.2, -0.15) is 0 Å². The molecule has 1 N–H and O–H groups in total. The van der Waals surface area contributed by atoms with Gasteiger partial charge in [-0.15, -0.1) is 0 Å². The molecule has 0 saturated carbocycles. The molecule has 1 heterocycles. The molecular formula is C35H44N2O3. The van der Waals surface area contributed by atoms with Crippen LogP contribution in [0.3, 0.4) is 0 Å². The molecular weight excluding hydrogens is 496 g/mol. The summed E-state index contributed by atoms with van der Waals surface area (Å²) in [7, 11) is 1.47. The molecule has 0 bridgehead atoms. The van der Waals surface area contributed by atoms with E-state index in [0.29, 0.717) is 6.42 Å². The van der Waals surface area contributed by atoms with E-state index in [9.17, 15) is 9.59 Å². The van der Waals surface area contributed by atoms with E-state index in [1.54, 1.807) is 0 Å². The van der Waals surface area contributed by atoms with E-state index in [-0.39, 0.29) is 23.3 Å². The lowest BCUT2D eigenvalue weighted by Crippen LogP contribution is -2.45. The first-order valence-corrected chi connectivity index (χ1v) is 14.8. The molecule has 1 aliphatic heterocycles. The number of nitrogens with zero attached hydrogens (tertiary/aromatic N) is 1. The lowest BCUT2D eigenvalue weighted by molar-refractivity contribution is -0.142. The number of methoxy groups -OCH3 is 1. The Morgan fingerprint density at radius 1 is 0.925 bits per heavy atom. The minimum Gasteiger partial charge on any atom is -0.469 e. The fourth-order valence-electron chi connectivity index (χ4n) is 6.04. The summed E-state index contributed by atoms with van der Waals surface area (Å²) >= 11 is 0. The second-order valence-electron chi connectivity index (χ2n) is 11.0. The van der Waals surface area contributed by atoms with Crippen LogP contribution in [0.2, 0.25) is 0 Å². The predicted octanol–water partition coefficient (Wildman–Crippen LogP) is 6.80. The van der Waals surface area contributed by atoms with Gasteiger partial charge in [-0.25, -0.2) is 0 Å². The Balaban J connectivity index is 1.30. The number of piperidine rings is 1.